The van der Waals surface area contributed by atoms with Crippen molar-refractivity contribution in [3.05, 3.63) is 59.8 Å². The minimum absolute atomic E-state index is 0.0511. The Bertz CT molecular complexity index is 998. The molecule has 0 saturated carbocycles. The van der Waals surface area contributed by atoms with Gasteiger partial charge in [-0.1, -0.05) is 17.7 Å². The maximum Gasteiger partial charge on any atom is 0.187 e. The van der Waals surface area contributed by atoms with Crippen LogP contribution in [-0.4, -0.2) is 19.6 Å². The van der Waals surface area contributed by atoms with Crippen molar-refractivity contribution < 1.29 is 4.39 Å². The molecule has 0 bridgehead atoms. The predicted octanol–water partition coefficient (Wildman–Crippen LogP) is 3.81. The average Bonchev–Trinajstić information content (AvgIpc) is 2.90. The molecule has 0 unspecified atom stereocenters. The van der Waals surface area contributed by atoms with E-state index < -0.39 is 5.82 Å². The lowest BCUT2D eigenvalue weighted by molar-refractivity contribution is 0.628. The third-order valence-electron chi connectivity index (χ3n) is 3.31. The number of halogens is 2. The molecule has 3 aromatic heterocycles. The fourth-order valence-corrected chi connectivity index (χ4v) is 2.50. The SMILES string of the molecule is Fc1ccc(Nc2ncnc3nn4ccccc4c23)cc1Cl. The van der Waals surface area contributed by atoms with Gasteiger partial charge in [0.05, 0.1) is 15.9 Å². The van der Waals surface area contributed by atoms with Gasteiger partial charge < -0.3 is 5.32 Å². The van der Waals surface area contributed by atoms with Crippen LogP contribution in [0.5, 0.6) is 0 Å². The Morgan fingerprint density at radius 1 is 1.14 bits per heavy atom. The normalized spacial score (nSPS) is 11.2. The topological polar surface area (TPSA) is 55.1 Å². The van der Waals surface area contributed by atoms with Gasteiger partial charge in [-0.05, 0) is 30.3 Å². The Morgan fingerprint density at radius 3 is 2.91 bits per heavy atom. The molecule has 4 aromatic rings. The van der Waals surface area contributed by atoms with Gasteiger partial charge in [0.15, 0.2) is 5.65 Å². The van der Waals surface area contributed by atoms with Gasteiger partial charge in [0.1, 0.15) is 18.0 Å². The van der Waals surface area contributed by atoms with Crippen LogP contribution in [0.15, 0.2) is 48.9 Å². The molecule has 0 aliphatic rings. The molecule has 0 atom stereocenters. The highest BCUT2D eigenvalue weighted by molar-refractivity contribution is 6.31. The maximum absolute atomic E-state index is 13.3. The molecule has 0 aliphatic carbocycles. The van der Waals surface area contributed by atoms with Crippen LogP contribution in [0, 0.1) is 5.82 Å². The number of nitrogens with one attached hydrogen (secondary N) is 1. The molecule has 0 radical (unpaired) electrons. The van der Waals surface area contributed by atoms with E-state index in [1.807, 2.05) is 24.4 Å². The lowest BCUT2D eigenvalue weighted by atomic mass is 10.2. The molecule has 0 fully saturated rings. The number of pyridine rings is 1. The lowest BCUT2D eigenvalue weighted by Crippen LogP contribution is -1.95. The van der Waals surface area contributed by atoms with Gasteiger partial charge in [-0.2, -0.15) is 0 Å². The van der Waals surface area contributed by atoms with Crippen LogP contribution in [0.4, 0.5) is 15.9 Å². The molecule has 0 amide bonds. The van der Waals surface area contributed by atoms with Crippen molar-refractivity contribution in [3.8, 4) is 0 Å². The molecule has 22 heavy (non-hydrogen) atoms. The zero-order valence-corrected chi connectivity index (χ0v) is 11.9. The van der Waals surface area contributed by atoms with Gasteiger partial charge in [0, 0.05) is 11.9 Å². The van der Waals surface area contributed by atoms with Crippen LogP contribution in [0.1, 0.15) is 0 Å². The Hall–Kier alpha value is -2.73. The minimum atomic E-state index is -0.462. The highest BCUT2D eigenvalue weighted by Crippen LogP contribution is 2.28. The van der Waals surface area contributed by atoms with Gasteiger partial charge in [-0.25, -0.2) is 18.9 Å². The second kappa shape index (κ2) is 4.92. The second-order valence-corrected chi connectivity index (χ2v) is 5.11. The first-order valence-electron chi connectivity index (χ1n) is 6.52. The summed E-state index contributed by atoms with van der Waals surface area (Å²) >= 11 is 5.81. The number of benzene rings is 1. The van der Waals surface area contributed by atoms with Crippen molar-refractivity contribution in [1.29, 1.82) is 0 Å². The summed E-state index contributed by atoms with van der Waals surface area (Å²) in [7, 11) is 0. The van der Waals surface area contributed by atoms with Crippen molar-refractivity contribution in [2.45, 2.75) is 0 Å². The van der Waals surface area contributed by atoms with Crippen LogP contribution >= 0.6 is 11.6 Å². The van der Waals surface area contributed by atoms with E-state index in [2.05, 4.69) is 20.4 Å². The molecule has 5 nitrogen and oxygen atoms in total. The van der Waals surface area contributed by atoms with E-state index in [1.54, 1.807) is 10.6 Å². The molecule has 1 aromatic carbocycles. The van der Waals surface area contributed by atoms with E-state index in [9.17, 15) is 4.39 Å². The van der Waals surface area contributed by atoms with E-state index in [0.29, 0.717) is 17.2 Å². The summed E-state index contributed by atoms with van der Waals surface area (Å²) in [5.74, 6) is 0.130. The molecule has 108 valence electrons. The van der Waals surface area contributed by atoms with Crippen LogP contribution in [0.3, 0.4) is 0 Å². The number of aromatic nitrogens is 4. The number of nitrogens with zero attached hydrogens (tertiary/aromatic N) is 4. The highest BCUT2D eigenvalue weighted by Gasteiger charge is 2.12. The number of anilines is 2. The fourth-order valence-electron chi connectivity index (χ4n) is 2.32. The smallest absolute Gasteiger partial charge is 0.187 e. The molecular formula is C15H9ClFN5. The second-order valence-electron chi connectivity index (χ2n) is 4.71. The third-order valence-corrected chi connectivity index (χ3v) is 3.60. The highest BCUT2D eigenvalue weighted by atomic mass is 35.5. The van der Waals surface area contributed by atoms with Gasteiger partial charge in [-0.15, -0.1) is 5.10 Å². The third kappa shape index (κ3) is 2.05. The minimum Gasteiger partial charge on any atom is -0.339 e. The van der Waals surface area contributed by atoms with E-state index in [4.69, 9.17) is 11.6 Å². The Morgan fingerprint density at radius 2 is 2.05 bits per heavy atom. The summed E-state index contributed by atoms with van der Waals surface area (Å²) in [6.07, 6.45) is 3.28. The largest absolute Gasteiger partial charge is 0.339 e. The zero-order chi connectivity index (χ0) is 15.1. The fraction of sp³-hybridized carbons (Fsp3) is 0. The first kappa shape index (κ1) is 13.0. The summed E-state index contributed by atoms with van der Waals surface area (Å²) in [6, 6.07) is 10.2. The molecule has 4 rings (SSSR count). The first-order chi connectivity index (χ1) is 10.7. The molecule has 3 heterocycles. The first-order valence-corrected chi connectivity index (χ1v) is 6.90. The number of fused-ring (bicyclic) bond motifs is 3. The van der Waals surface area contributed by atoms with Crippen molar-refractivity contribution in [3.63, 3.8) is 0 Å². The van der Waals surface area contributed by atoms with Gasteiger partial charge in [-0.3, -0.25) is 0 Å². The molecular weight excluding hydrogens is 305 g/mol. The predicted molar refractivity (Wildman–Crippen MR) is 83.0 cm³/mol. The van der Waals surface area contributed by atoms with Gasteiger partial charge in [0.2, 0.25) is 0 Å². The van der Waals surface area contributed by atoms with Crippen LogP contribution < -0.4 is 5.32 Å². The molecule has 1 N–H and O–H groups in total. The van der Waals surface area contributed by atoms with E-state index >= 15 is 0 Å². The monoisotopic (exact) mass is 313 g/mol. The molecule has 0 spiro atoms. The van der Waals surface area contributed by atoms with Gasteiger partial charge >= 0.3 is 0 Å². The summed E-state index contributed by atoms with van der Waals surface area (Å²) < 4.78 is 15.0. The summed E-state index contributed by atoms with van der Waals surface area (Å²) in [5, 5.41) is 8.37. The summed E-state index contributed by atoms with van der Waals surface area (Å²) in [5.41, 5.74) is 2.10. The van der Waals surface area contributed by atoms with Crippen LogP contribution in [0.2, 0.25) is 5.02 Å². The quantitative estimate of drug-likeness (QED) is 0.611. The Kier molecular flexibility index (Phi) is 2.90. The number of rotatable bonds is 2. The van der Waals surface area contributed by atoms with Gasteiger partial charge in [0.25, 0.3) is 0 Å². The molecule has 0 saturated heterocycles. The van der Waals surface area contributed by atoms with Crippen LogP contribution in [-0.2, 0) is 0 Å². The van der Waals surface area contributed by atoms with Crippen molar-refractivity contribution in [1.82, 2.24) is 19.6 Å². The summed E-state index contributed by atoms with van der Waals surface area (Å²) in [4.78, 5) is 8.45. The lowest BCUT2D eigenvalue weighted by Gasteiger charge is -2.07. The standard InChI is InChI=1S/C15H9ClFN5/c16-10-7-9(4-5-11(10)17)20-14-13-12-3-1-2-6-22(12)21-15(13)19-8-18-14/h1-8H,(H,18,19,20,21). The Balaban J connectivity index is 1.89. The zero-order valence-electron chi connectivity index (χ0n) is 11.2. The molecule has 7 heteroatoms. The molecule has 0 aliphatic heterocycles. The van der Waals surface area contributed by atoms with Crippen molar-refractivity contribution >= 4 is 39.7 Å². The number of hydrogen-bond acceptors (Lipinski definition) is 4. The van der Waals surface area contributed by atoms with Crippen molar-refractivity contribution in [2.24, 2.45) is 0 Å². The summed E-state index contributed by atoms with van der Waals surface area (Å²) in [6.45, 7) is 0. The van der Waals surface area contributed by atoms with E-state index in [1.165, 1.54) is 18.5 Å². The van der Waals surface area contributed by atoms with Crippen LogP contribution in [0.25, 0.3) is 16.6 Å². The maximum atomic E-state index is 13.3. The average molecular weight is 314 g/mol. The van der Waals surface area contributed by atoms with E-state index in [0.717, 1.165) is 10.9 Å². The Labute approximate surface area is 129 Å². The number of hydrogen-bond donors (Lipinski definition) is 1. The van der Waals surface area contributed by atoms with Crippen molar-refractivity contribution in [2.75, 3.05) is 5.32 Å². The van der Waals surface area contributed by atoms with E-state index in [-0.39, 0.29) is 5.02 Å².